The molecular formula is C16H19N3O2. The van der Waals surface area contributed by atoms with Crippen LogP contribution in [0.25, 0.3) is 5.69 Å². The molecular weight excluding hydrogens is 266 g/mol. The second-order valence-electron chi connectivity index (χ2n) is 5.26. The van der Waals surface area contributed by atoms with Gasteiger partial charge in [-0.1, -0.05) is 0 Å². The minimum Gasteiger partial charge on any atom is -0.497 e. The van der Waals surface area contributed by atoms with Crippen LogP contribution in [-0.4, -0.2) is 30.7 Å². The topological polar surface area (TPSA) is 60.5 Å². The van der Waals surface area contributed by atoms with Crippen LogP contribution in [0.1, 0.15) is 6.42 Å². The molecule has 21 heavy (non-hydrogen) atoms. The molecule has 0 saturated carbocycles. The molecule has 1 fully saturated rings. The number of ether oxygens (including phenoxy) is 1. The van der Waals surface area contributed by atoms with Crippen molar-refractivity contribution in [3.63, 3.8) is 0 Å². The summed E-state index contributed by atoms with van der Waals surface area (Å²) >= 11 is 0. The van der Waals surface area contributed by atoms with Gasteiger partial charge in [0.05, 0.1) is 18.5 Å². The molecule has 1 atom stereocenters. The molecule has 1 unspecified atom stereocenters. The third kappa shape index (κ3) is 2.52. The molecule has 0 aliphatic carbocycles. The number of carbonyl (C=O) groups is 1. The Bertz CT molecular complexity index is 637. The molecule has 2 N–H and O–H groups in total. The number of aromatic nitrogens is 1. The van der Waals surface area contributed by atoms with E-state index in [1.807, 2.05) is 52.2 Å². The molecule has 1 aromatic heterocycles. The van der Waals surface area contributed by atoms with Gasteiger partial charge in [0, 0.05) is 31.4 Å². The number of nitrogens with zero attached hydrogens (tertiary/aromatic N) is 2. The van der Waals surface area contributed by atoms with Crippen molar-refractivity contribution in [2.75, 3.05) is 25.1 Å². The molecule has 5 nitrogen and oxygen atoms in total. The fraction of sp³-hybridized carbons (Fsp3) is 0.312. The number of carbonyl (C=O) groups excluding carboxylic acids is 1. The van der Waals surface area contributed by atoms with Crippen molar-refractivity contribution >= 4 is 11.6 Å². The summed E-state index contributed by atoms with van der Waals surface area (Å²) in [6.45, 7) is 1.20. The highest BCUT2D eigenvalue weighted by atomic mass is 16.5. The summed E-state index contributed by atoms with van der Waals surface area (Å²) in [5, 5.41) is 0. The number of hydrogen-bond donors (Lipinski definition) is 1. The minimum absolute atomic E-state index is 0.118. The van der Waals surface area contributed by atoms with Gasteiger partial charge in [0.15, 0.2) is 0 Å². The number of rotatable bonds is 4. The van der Waals surface area contributed by atoms with Crippen molar-refractivity contribution in [1.82, 2.24) is 4.57 Å². The molecule has 1 aliphatic rings. The van der Waals surface area contributed by atoms with Gasteiger partial charge in [0.1, 0.15) is 5.75 Å². The Balaban J connectivity index is 2.05. The van der Waals surface area contributed by atoms with Crippen LogP contribution >= 0.6 is 0 Å². The third-order valence-electron chi connectivity index (χ3n) is 3.89. The van der Waals surface area contributed by atoms with Gasteiger partial charge in [-0.25, -0.2) is 0 Å². The first-order valence-electron chi connectivity index (χ1n) is 7.04. The van der Waals surface area contributed by atoms with E-state index in [0.29, 0.717) is 19.5 Å². The zero-order valence-corrected chi connectivity index (χ0v) is 12.0. The number of hydrogen-bond acceptors (Lipinski definition) is 3. The highest BCUT2D eigenvalue weighted by Gasteiger charge is 2.31. The standard InChI is InChI=1S/C16H19N3O2/c1-21-13-4-5-14(18-6-2-3-7-18)15(9-13)19-11-12(10-17)8-16(19)20/h2-7,9,12H,8,10-11,17H2,1H3. The van der Waals surface area contributed by atoms with Gasteiger partial charge < -0.3 is 19.9 Å². The van der Waals surface area contributed by atoms with Crippen molar-refractivity contribution in [3.05, 3.63) is 42.7 Å². The summed E-state index contributed by atoms with van der Waals surface area (Å²) in [6, 6.07) is 9.70. The molecule has 1 amide bonds. The predicted octanol–water partition coefficient (Wildman–Crippen LogP) is 1.80. The zero-order valence-electron chi connectivity index (χ0n) is 12.0. The van der Waals surface area contributed by atoms with Crippen LogP contribution in [0.15, 0.2) is 42.7 Å². The zero-order chi connectivity index (χ0) is 14.8. The summed E-state index contributed by atoms with van der Waals surface area (Å²) in [4.78, 5) is 14.1. The second-order valence-corrected chi connectivity index (χ2v) is 5.26. The lowest BCUT2D eigenvalue weighted by atomic mass is 10.1. The monoisotopic (exact) mass is 285 g/mol. The lowest BCUT2D eigenvalue weighted by Gasteiger charge is -2.21. The van der Waals surface area contributed by atoms with Gasteiger partial charge in [-0.3, -0.25) is 4.79 Å². The van der Waals surface area contributed by atoms with Crippen molar-refractivity contribution in [3.8, 4) is 11.4 Å². The Morgan fingerprint density at radius 3 is 2.67 bits per heavy atom. The van der Waals surface area contributed by atoms with Gasteiger partial charge in [-0.2, -0.15) is 0 Å². The van der Waals surface area contributed by atoms with Gasteiger partial charge in [-0.05, 0) is 36.7 Å². The summed E-state index contributed by atoms with van der Waals surface area (Å²) in [5.41, 5.74) is 7.55. The lowest BCUT2D eigenvalue weighted by Crippen LogP contribution is -2.26. The molecule has 2 aromatic rings. The molecule has 0 radical (unpaired) electrons. The van der Waals surface area contributed by atoms with E-state index in [0.717, 1.165) is 17.1 Å². The summed E-state index contributed by atoms with van der Waals surface area (Å²) in [5.74, 6) is 1.08. The van der Waals surface area contributed by atoms with Crippen LogP contribution in [0.4, 0.5) is 5.69 Å². The maximum Gasteiger partial charge on any atom is 0.227 e. The summed E-state index contributed by atoms with van der Waals surface area (Å²) in [7, 11) is 1.63. The summed E-state index contributed by atoms with van der Waals surface area (Å²) < 4.78 is 7.30. The van der Waals surface area contributed by atoms with Crippen LogP contribution in [0.2, 0.25) is 0 Å². The van der Waals surface area contributed by atoms with Gasteiger partial charge in [0.25, 0.3) is 0 Å². The molecule has 5 heteroatoms. The number of benzene rings is 1. The number of methoxy groups -OCH3 is 1. The van der Waals surface area contributed by atoms with Gasteiger partial charge >= 0.3 is 0 Å². The minimum atomic E-state index is 0.118. The largest absolute Gasteiger partial charge is 0.497 e. The van der Waals surface area contributed by atoms with Crippen molar-refractivity contribution < 1.29 is 9.53 Å². The average molecular weight is 285 g/mol. The maximum absolute atomic E-state index is 12.3. The molecule has 3 rings (SSSR count). The number of nitrogens with two attached hydrogens (primary N) is 1. The second kappa shape index (κ2) is 5.61. The Labute approximate surface area is 123 Å². The van der Waals surface area contributed by atoms with Crippen LogP contribution in [0, 0.1) is 5.92 Å². The Hall–Kier alpha value is -2.27. The van der Waals surface area contributed by atoms with E-state index in [-0.39, 0.29) is 11.8 Å². The van der Waals surface area contributed by atoms with E-state index < -0.39 is 0 Å². The number of amides is 1. The van der Waals surface area contributed by atoms with E-state index in [9.17, 15) is 4.79 Å². The first kappa shape index (κ1) is 13.7. The van der Waals surface area contributed by atoms with E-state index in [1.54, 1.807) is 7.11 Å². The quantitative estimate of drug-likeness (QED) is 0.931. The van der Waals surface area contributed by atoms with Crippen molar-refractivity contribution in [2.24, 2.45) is 11.7 Å². The lowest BCUT2D eigenvalue weighted by molar-refractivity contribution is -0.117. The fourth-order valence-electron chi connectivity index (χ4n) is 2.73. The molecule has 1 aliphatic heterocycles. The smallest absolute Gasteiger partial charge is 0.227 e. The maximum atomic E-state index is 12.3. The van der Waals surface area contributed by atoms with E-state index in [2.05, 4.69) is 0 Å². The molecule has 2 heterocycles. The average Bonchev–Trinajstić information content (AvgIpc) is 3.16. The highest BCUT2D eigenvalue weighted by Crippen LogP contribution is 2.33. The first-order chi connectivity index (χ1) is 10.2. The Morgan fingerprint density at radius 2 is 2.05 bits per heavy atom. The predicted molar refractivity (Wildman–Crippen MR) is 81.8 cm³/mol. The normalized spacial score (nSPS) is 18.3. The van der Waals surface area contributed by atoms with Crippen LogP contribution in [0.3, 0.4) is 0 Å². The molecule has 1 saturated heterocycles. The van der Waals surface area contributed by atoms with Crippen molar-refractivity contribution in [1.29, 1.82) is 0 Å². The van der Waals surface area contributed by atoms with E-state index in [4.69, 9.17) is 10.5 Å². The van der Waals surface area contributed by atoms with Crippen molar-refractivity contribution in [2.45, 2.75) is 6.42 Å². The van der Waals surface area contributed by atoms with Crippen LogP contribution < -0.4 is 15.4 Å². The Kier molecular flexibility index (Phi) is 3.66. The van der Waals surface area contributed by atoms with Gasteiger partial charge in [-0.15, -0.1) is 0 Å². The SMILES string of the molecule is COc1ccc(-n2cccc2)c(N2CC(CN)CC2=O)c1. The third-order valence-corrected chi connectivity index (χ3v) is 3.89. The molecule has 110 valence electrons. The first-order valence-corrected chi connectivity index (χ1v) is 7.04. The Morgan fingerprint density at radius 1 is 1.29 bits per heavy atom. The number of anilines is 1. The van der Waals surface area contributed by atoms with Gasteiger partial charge in [0.2, 0.25) is 5.91 Å². The van der Waals surface area contributed by atoms with E-state index >= 15 is 0 Å². The van der Waals surface area contributed by atoms with E-state index in [1.165, 1.54) is 0 Å². The molecule has 0 spiro atoms. The summed E-state index contributed by atoms with van der Waals surface area (Å²) in [6.07, 6.45) is 4.44. The van der Waals surface area contributed by atoms with Crippen LogP contribution in [-0.2, 0) is 4.79 Å². The van der Waals surface area contributed by atoms with Crippen LogP contribution in [0.5, 0.6) is 5.75 Å². The fourth-order valence-corrected chi connectivity index (χ4v) is 2.73. The molecule has 0 bridgehead atoms. The highest BCUT2D eigenvalue weighted by molar-refractivity contribution is 5.98. The molecule has 1 aromatic carbocycles.